The van der Waals surface area contributed by atoms with Crippen molar-refractivity contribution in [1.82, 2.24) is 4.31 Å². The molecule has 1 N–H and O–H groups in total. The molecule has 1 heterocycles. The summed E-state index contributed by atoms with van der Waals surface area (Å²) >= 11 is 0. The fourth-order valence-electron chi connectivity index (χ4n) is 3.40. The number of sulfonamides is 1. The zero-order valence-electron chi connectivity index (χ0n) is 17.1. The van der Waals surface area contributed by atoms with E-state index in [0.29, 0.717) is 0 Å². The quantitative estimate of drug-likeness (QED) is 0.730. The van der Waals surface area contributed by atoms with Crippen molar-refractivity contribution in [2.75, 3.05) is 18.4 Å². The van der Waals surface area contributed by atoms with Crippen molar-refractivity contribution in [3.63, 3.8) is 0 Å². The summed E-state index contributed by atoms with van der Waals surface area (Å²) in [4.78, 5) is 12.8. The monoisotopic (exact) mass is 456 g/mol. The average Bonchev–Trinajstić information content (AvgIpc) is 2.70. The predicted molar refractivity (Wildman–Crippen MR) is 109 cm³/mol. The highest BCUT2D eigenvalue weighted by atomic mass is 32.2. The molecule has 6 nitrogen and oxygen atoms in total. The van der Waals surface area contributed by atoms with E-state index in [9.17, 15) is 26.4 Å². The molecule has 0 bridgehead atoms. The largest absolute Gasteiger partial charge is 0.573 e. The van der Waals surface area contributed by atoms with Crippen LogP contribution >= 0.6 is 0 Å². The number of hydrogen-bond donors (Lipinski definition) is 1. The van der Waals surface area contributed by atoms with E-state index in [0.717, 1.165) is 17.2 Å². The van der Waals surface area contributed by atoms with Gasteiger partial charge in [0.25, 0.3) is 0 Å². The number of nitrogens with zero attached hydrogens (tertiary/aromatic N) is 1. The van der Waals surface area contributed by atoms with Gasteiger partial charge in [0, 0.05) is 19.0 Å². The van der Waals surface area contributed by atoms with E-state index in [1.54, 1.807) is 18.2 Å². The Morgan fingerprint density at radius 1 is 1.06 bits per heavy atom. The van der Waals surface area contributed by atoms with Crippen LogP contribution in [0.15, 0.2) is 47.4 Å². The summed E-state index contributed by atoms with van der Waals surface area (Å²) in [6, 6.07) is 10.2. The number of hydrogen-bond acceptors (Lipinski definition) is 4. The van der Waals surface area contributed by atoms with Crippen LogP contribution in [0.25, 0.3) is 0 Å². The molecular formula is C21H23F3N2O4S. The van der Waals surface area contributed by atoms with Crippen LogP contribution in [0.2, 0.25) is 0 Å². The van der Waals surface area contributed by atoms with Crippen molar-refractivity contribution in [2.45, 2.75) is 37.9 Å². The lowest BCUT2D eigenvalue weighted by molar-refractivity contribution is -0.274. The number of anilines is 1. The number of alkyl halides is 3. The number of amides is 1. The molecule has 168 valence electrons. The van der Waals surface area contributed by atoms with Gasteiger partial charge in [0.2, 0.25) is 15.9 Å². The number of ether oxygens (including phenoxy) is 1. The van der Waals surface area contributed by atoms with E-state index in [1.165, 1.54) is 22.5 Å². The molecule has 2 aromatic carbocycles. The Bertz CT molecular complexity index is 1060. The van der Waals surface area contributed by atoms with Crippen LogP contribution in [0.3, 0.4) is 0 Å². The number of benzene rings is 2. The Hall–Kier alpha value is -2.59. The van der Waals surface area contributed by atoms with Gasteiger partial charge in [0.05, 0.1) is 10.6 Å². The van der Waals surface area contributed by atoms with Gasteiger partial charge in [-0.1, -0.05) is 18.2 Å². The number of aryl methyl sites for hydroxylation is 2. The lowest BCUT2D eigenvalue weighted by atomic mass is 9.97. The van der Waals surface area contributed by atoms with Crippen molar-refractivity contribution in [3.8, 4) is 5.75 Å². The van der Waals surface area contributed by atoms with Gasteiger partial charge in [-0.3, -0.25) is 4.79 Å². The Morgan fingerprint density at radius 3 is 2.32 bits per heavy atom. The molecule has 0 unspecified atom stereocenters. The number of halogens is 3. The first kappa shape index (κ1) is 23.1. The molecule has 3 rings (SSSR count). The topological polar surface area (TPSA) is 75.7 Å². The third kappa shape index (κ3) is 5.56. The maximum Gasteiger partial charge on any atom is 0.573 e. The maximum absolute atomic E-state index is 12.9. The third-order valence-electron chi connectivity index (χ3n) is 5.31. The Morgan fingerprint density at radius 2 is 1.71 bits per heavy atom. The Labute approximate surface area is 179 Å². The van der Waals surface area contributed by atoms with E-state index in [2.05, 4.69) is 10.1 Å². The smallest absolute Gasteiger partial charge is 0.404 e. The van der Waals surface area contributed by atoms with E-state index in [-0.39, 0.29) is 36.5 Å². The second-order valence-corrected chi connectivity index (χ2v) is 9.40. The summed E-state index contributed by atoms with van der Waals surface area (Å²) in [5.41, 5.74) is 1.77. The number of carbonyl (C=O) groups is 1. The van der Waals surface area contributed by atoms with Crippen molar-refractivity contribution in [1.29, 1.82) is 0 Å². The van der Waals surface area contributed by atoms with Crippen LogP contribution < -0.4 is 10.1 Å². The van der Waals surface area contributed by atoms with Crippen LogP contribution in [0.1, 0.15) is 24.0 Å². The molecule has 1 aliphatic heterocycles. The fraction of sp³-hybridized carbons (Fsp3) is 0.381. The first-order chi connectivity index (χ1) is 14.5. The number of piperidine rings is 1. The molecule has 0 spiro atoms. The van der Waals surface area contributed by atoms with Crippen LogP contribution in [-0.2, 0) is 14.8 Å². The van der Waals surface area contributed by atoms with Gasteiger partial charge in [-0.25, -0.2) is 8.42 Å². The highest BCUT2D eigenvalue weighted by Gasteiger charge is 2.34. The zero-order chi connectivity index (χ0) is 22.8. The molecule has 0 atom stereocenters. The molecule has 10 heteroatoms. The predicted octanol–water partition coefficient (Wildman–Crippen LogP) is 4.24. The van der Waals surface area contributed by atoms with Crippen molar-refractivity contribution in [2.24, 2.45) is 5.92 Å². The third-order valence-corrected chi connectivity index (χ3v) is 7.21. The lowest BCUT2D eigenvalue weighted by Crippen LogP contribution is -2.41. The van der Waals surface area contributed by atoms with Gasteiger partial charge >= 0.3 is 6.36 Å². The molecule has 0 radical (unpaired) electrons. The van der Waals surface area contributed by atoms with Gasteiger partial charge in [0.1, 0.15) is 0 Å². The van der Waals surface area contributed by atoms with Crippen molar-refractivity contribution >= 4 is 21.6 Å². The normalized spacial score (nSPS) is 16.2. The number of carbonyl (C=O) groups excluding carboxylic acids is 1. The van der Waals surface area contributed by atoms with Gasteiger partial charge in [0.15, 0.2) is 5.75 Å². The van der Waals surface area contributed by atoms with E-state index < -0.39 is 34.0 Å². The molecule has 2 aromatic rings. The minimum Gasteiger partial charge on any atom is -0.404 e. The van der Waals surface area contributed by atoms with E-state index in [4.69, 9.17) is 0 Å². The molecular weight excluding hydrogens is 433 g/mol. The van der Waals surface area contributed by atoms with E-state index >= 15 is 0 Å². The molecule has 0 aromatic heterocycles. The summed E-state index contributed by atoms with van der Waals surface area (Å²) < 4.78 is 68.8. The highest BCUT2D eigenvalue weighted by molar-refractivity contribution is 7.89. The summed E-state index contributed by atoms with van der Waals surface area (Å²) in [5, 5.41) is 2.47. The van der Waals surface area contributed by atoms with Crippen LogP contribution in [0.4, 0.5) is 18.9 Å². The molecule has 1 fully saturated rings. The van der Waals surface area contributed by atoms with Gasteiger partial charge in [-0.2, -0.15) is 4.31 Å². The van der Waals surface area contributed by atoms with E-state index in [1.807, 2.05) is 13.8 Å². The second kappa shape index (κ2) is 8.88. The molecule has 1 aliphatic rings. The van der Waals surface area contributed by atoms with Crippen LogP contribution in [0.5, 0.6) is 5.75 Å². The van der Waals surface area contributed by atoms with Crippen molar-refractivity contribution < 1.29 is 31.1 Å². The Balaban J connectivity index is 1.65. The van der Waals surface area contributed by atoms with Gasteiger partial charge in [-0.15, -0.1) is 13.2 Å². The maximum atomic E-state index is 12.9. The molecule has 31 heavy (non-hydrogen) atoms. The Kier molecular flexibility index (Phi) is 6.61. The standard InChI is InChI=1S/C21H23F3N2O4S/c1-14-7-8-17(13-15(14)2)31(28,29)26-11-9-16(10-12-26)20(27)25-18-5-3-4-6-19(18)30-21(22,23)24/h3-8,13,16H,9-12H2,1-2H3,(H,25,27). The second-order valence-electron chi connectivity index (χ2n) is 7.46. The molecule has 0 aliphatic carbocycles. The first-order valence-corrected chi connectivity index (χ1v) is 11.1. The summed E-state index contributed by atoms with van der Waals surface area (Å²) in [7, 11) is -3.68. The summed E-state index contributed by atoms with van der Waals surface area (Å²) in [6.45, 7) is 4.03. The highest BCUT2D eigenvalue weighted by Crippen LogP contribution is 2.31. The number of nitrogens with one attached hydrogen (secondary N) is 1. The summed E-state index contributed by atoms with van der Waals surface area (Å²) in [6.07, 6.45) is -4.36. The number of para-hydroxylation sites is 2. The van der Waals surface area contributed by atoms with Gasteiger partial charge in [-0.05, 0) is 62.1 Å². The minimum atomic E-state index is -4.88. The average molecular weight is 456 g/mol. The fourth-order valence-corrected chi connectivity index (χ4v) is 4.96. The van der Waals surface area contributed by atoms with Crippen LogP contribution in [-0.4, -0.2) is 38.1 Å². The molecule has 1 saturated heterocycles. The zero-order valence-corrected chi connectivity index (χ0v) is 17.9. The first-order valence-electron chi connectivity index (χ1n) is 9.70. The minimum absolute atomic E-state index is 0.0880. The van der Waals surface area contributed by atoms with Crippen LogP contribution in [0, 0.1) is 19.8 Å². The lowest BCUT2D eigenvalue weighted by Gasteiger charge is -2.30. The summed E-state index contributed by atoms with van der Waals surface area (Å²) in [5.74, 6) is -1.50. The molecule has 0 saturated carbocycles. The number of rotatable bonds is 5. The SMILES string of the molecule is Cc1ccc(S(=O)(=O)N2CCC(C(=O)Nc3ccccc3OC(F)(F)F)CC2)cc1C. The van der Waals surface area contributed by atoms with Crippen molar-refractivity contribution in [3.05, 3.63) is 53.6 Å². The van der Waals surface area contributed by atoms with Gasteiger partial charge < -0.3 is 10.1 Å². The molecule has 1 amide bonds.